The molecule has 1 N–H and O–H groups in total. The van der Waals surface area contributed by atoms with E-state index in [1.165, 1.54) is 44.7 Å². The van der Waals surface area contributed by atoms with Crippen molar-refractivity contribution in [2.75, 3.05) is 87.0 Å². The fourth-order valence-corrected chi connectivity index (χ4v) is 6.45. The van der Waals surface area contributed by atoms with Crippen LogP contribution in [0.3, 0.4) is 0 Å². The summed E-state index contributed by atoms with van der Waals surface area (Å²) in [4.78, 5) is 33.6. The number of hydrogen-bond acceptors (Lipinski definition) is 9. The van der Waals surface area contributed by atoms with E-state index >= 15 is 0 Å². The maximum atomic E-state index is 12.7. The van der Waals surface area contributed by atoms with Crippen molar-refractivity contribution in [3.05, 3.63) is 24.4 Å². The van der Waals surface area contributed by atoms with Crippen LogP contribution in [0.1, 0.15) is 32.1 Å². The molecular formula is C28H40N8O2. The lowest BCUT2D eigenvalue weighted by atomic mass is 10.0. The number of methoxy groups -OCH3 is 1. The van der Waals surface area contributed by atoms with Crippen LogP contribution in [0.4, 0.5) is 28.8 Å². The van der Waals surface area contributed by atoms with Crippen LogP contribution in [0.15, 0.2) is 24.4 Å². The highest BCUT2D eigenvalue weighted by atomic mass is 16.5. The van der Waals surface area contributed by atoms with Crippen LogP contribution in [0, 0.1) is 0 Å². The van der Waals surface area contributed by atoms with E-state index in [2.05, 4.69) is 55.1 Å². The number of aromatic nitrogens is 2. The van der Waals surface area contributed by atoms with Crippen molar-refractivity contribution in [2.24, 2.45) is 0 Å². The van der Waals surface area contributed by atoms with Gasteiger partial charge in [0.1, 0.15) is 11.4 Å². The normalized spacial score (nSPS) is 23.3. The van der Waals surface area contributed by atoms with Crippen LogP contribution >= 0.6 is 0 Å². The number of ether oxygens (including phenoxy) is 1. The van der Waals surface area contributed by atoms with Crippen molar-refractivity contribution in [1.29, 1.82) is 0 Å². The van der Waals surface area contributed by atoms with Gasteiger partial charge in [-0.2, -0.15) is 4.98 Å². The number of benzene rings is 1. The Balaban J connectivity index is 1.16. The molecule has 4 aliphatic heterocycles. The summed E-state index contributed by atoms with van der Waals surface area (Å²) in [6.45, 7) is 7.75. The number of hydrogen-bond donors (Lipinski definition) is 1. The SMILES string of the molecule is COc1cc(N2CCC(N3CCN(C)CC3)CC2)ccc1Nc1ncc2c(n1)N1CCC[C@H]1CC(=O)N2C. The molecule has 1 amide bonds. The van der Waals surface area contributed by atoms with Gasteiger partial charge in [-0.05, 0) is 44.9 Å². The molecule has 0 unspecified atom stereocenters. The van der Waals surface area contributed by atoms with Crippen molar-refractivity contribution in [3.8, 4) is 5.75 Å². The van der Waals surface area contributed by atoms with Gasteiger partial charge in [0.2, 0.25) is 11.9 Å². The summed E-state index contributed by atoms with van der Waals surface area (Å²) in [7, 11) is 5.74. The van der Waals surface area contributed by atoms with Gasteiger partial charge in [-0.1, -0.05) is 0 Å². The van der Waals surface area contributed by atoms with Crippen molar-refractivity contribution in [1.82, 2.24) is 19.8 Å². The standard InChI is InChI=1S/C28H40N8O2/c1-32-13-15-35(16-14-32)20-8-11-34(12-9-20)21-6-7-23(25(17-21)38-3)30-28-29-19-24-27(31-28)36-10-4-5-22(36)18-26(37)33(24)2/h6-7,17,19-20,22H,4-5,8-16,18H2,1-3H3,(H,29,30,31)/t22-/m0/s1. The Bertz CT molecular complexity index is 1160. The van der Waals surface area contributed by atoms with Crippen molar-refractivity contribution >= 4 is 34.7 Å². The molecule has 1 aromatic carbocycles. The minimum atomic E-state index is 0.120. The molecule has 1 aromatic heterocycles. The van der Waals surface area contributed by atoms with Gasteiger partial charge in [-0.15, -0.1) is 0 Å². The fourth-order valence-electron chi connectivity index (χ4n) is 6.45. The number of piperazine rings is 1. The van der Waals surface area contributed by atoms with Gasteiger partial charge >= 0.3 is 0 Å². The number of carbonyl (C=O) groups excluding carboxylic acids is 1. The molecule has 0 aliphatic carbocycles. The number of rotatable bonds is 5. The number of carbonyl (C=O) groups is 1. The van der Waals surface area contributed by atoms with Gasteiger partial charge in [-0.3, -0.25) is 9.69 Å². The first-order valence-corrected chi connectivity index (χ1v) is 14.0. The van der Waals surface area contributed by atoms with E-state index in [4.69, 9.17) is 9.72 Å². The van der Waals surface area contributed by atoms with Gasteiger partial charge in [0.05, 0.1) is 19.0 Å². The molecule has 1 atom stereocenters. The Labute approximate surface area is 225 Å². The summed E-state index contributed by atoms with van der Waals surface area (Å²) in [6, 6.07) is 7.24. The quantitative estimate of drug-likeness (QED) is 0.640. The monoisotopic (exact) mass is 520 g/mol. The molecule has 6 rings (SSSR count). The van der Waals surface area contributed by atoms with Gasteiger partial charge in [0.15, 0.2) is 5.82 Å². The Morgan fingerprint density at radius 3 is 2.53 bits per heavy atom. The van der Waals surface area contributed by atoms with Crippen molar-refractivity contribution < 1.29 is 9.53 Å². The third-order valence-corrected chi connectivity index (χ3v) is 8.86. The Morgan fingerprint density at radius 2 is 1.76 bits per heavy atom. The van der Waals surface area contributed by atoms with E-state index in [1.54, 1.807) is 18.2 Å². The molecule has 4 aliphatic rings. The Morgan fingerprint density at radius 1 is 0.974 bits per heavy atom. The summed E-state index contributed by atoms with van der Waals surface area (Å²) in [5, 5.41) is 3.38. The zero-order valence-corrected chi connectivity index (χ0v) is 22.9. The highest BCUT2D eigenvalue weighted by Gasteiger charge is 2.35. The van der Waals surface area contributed by atoms with Crippen LogP contribution in [0.5, 0.6) is 5.75 Å². The lowest BCUT2D eigenvalue weighted by molar-refractivity contribution is -0.118. The van der Waals surface area contributed by atoms with Crippen LogP contribution in [0.2, 0.25) is 0 Å². The van der Waals surface area contributed by atoms with Crippen molar-refractivity contribution in [2.45, 2.75) is 44.2 Å². The first-order chi connectivity index (χ1) is 18.5. The number of likely N-dealkylation sites (N-methyl/N-ethyl adjacent to an activating group) is 1. The molecule has 0 bridgehead atoms. The molecule has 10 nitrogen and oxygen atoms in total. The second-order valence-corrected chi connectivity index (χ2v) is 11.1. The lowest BCUT2D eigenvalue weighted by Crippen LogP contribution is -2.52. The smallest absolute Gasteiger partial charge is 0.229 e. The van der Waals surface area contributed by atoms with Gasteiger partial charge in [-0.25, -0.2) is 4.98 Å². The predicted octanol–water partition coefficient (Wildman–Crippen LogP) is 2.78. The van der Waals surface area contributed by atoms with E-state index in [0.29, 0.717) is 18.4 Å². The van der Waals surface area contributed by atoms with Crippen LogP contribution in [-0.4, -0.2) is 105 Å². The largest absolute Gasteiger partial charge is 0.494 e. The number of piperidine rings is 1. The van der Waals surface area contributed by atoms with Crippen LogP contribution in [0.25, 0.3) is 0 Å². The van der Waals surface area contributed by atoms with E-state index < -0.39 is 0 Å². The summed E-state index contributed by atoms with van der Waals surface area (Å²) < 4.78 is 5.79. The summed E-state index contributed by atoms with van der Waals surface area (Å²) in [5.41, 5.74) is 2.79. The molecule has 3 fully saturated rings. The molecule has 2 aromatic rings. The molecular weight excluding hydrogens is 480 g/mol. The fraction of sp³-hybridized carbons (Fsp3) is 0.607. The highest BCUT2D eigenvalue weighted by molar-refractivity contribution is 5.97. The highest BCUT2D eigenvalue weighted by Crippen LogP contribution is 2.38. The molecule has 3 saturated heterocycles. The molecule has 204 valence electrons. The zero-order valence-electron chi connectivity index (χ0n) is 22.9. The average Bonchev–Trinajstić information content (AvgIpc) is 3.38. The van der Waals surface area contributed by atoms with Gasteiger partial charge in [0, 0.05) is 83.1 Å². The first-order valence-electron chi connectivity index (χ1n) is 14.0. The third-order valence-electron chi connectivity index (χ3n) is 8.86. The maximum absolute atomic E-state index is 12.7. The number of anilines is 5. The van der Waals surface area contributed by atoms with Gasteiger partial charge < -0.3 is 29.7 Å². The number of nitrogens with zero attached hydrogens (tertiary/aromatic N) is 7. The third kappa shape index (κ3) is 4.87. The van der Waals surface area contributed by atoms with E-state index in [0.717, 1.165) is 55.4 Å². The molecule has 5 heterocycles. The van der Waals surface area contributed by atoms with Gasteiger partial charge in [0.25, 0.3) is 0 Å². The molecule has 0 radical (unpaired) electrons. The first kappa shape index (κ1) is 25.2. The van der Waals surface area contributed by atoms with Crippen molar-refractivity contribution in [3.63, 3.8) is 0 Å². The predicted molar refractivity (Wildman–Crippen MR) is 151 cm³/mol. The average molecular weight is 521 g/mol. The second-order valence-electron chi connectivity index (χ2n) is 11.1. The summed E-state index contributed by atoms with van der Waals surface area (Å²) in [6.07, 6.45) is 6.78. The maximum Gasteiger partial charge on any atom is 0.229 e. The zero-order chi connectivity index (χ0) is 26.2. The number of nitrogens with one attached hydrogen (secondary N) is 1. The molecule has 0 spiro atoms. The molecule has 0 saturated carbocycles. The second kappa shape index (κ2) is 10.6. The minimum Gasteiger partial charge on any atom is -0.494 e. The Kier molecular flexibility index (Phi) is 7.01. The lowest BCUT2D eigenvalue weighted by Gasteiger charge is -2.42. The van der Waals surface area contributed by atoms with E-state index in [1.807, 2.05) is 7.05 Å². The van der Waals surface area contributed by atoms with E-state index in [9.17, 15) is 4.79 Å². The van der Waals surface area contributed by atoms with Crippen LogP contribution in [-0.2, 0) is 4.79 Å². The summed E-state index contributed by atoms with van der Waals surface area (Å²) >= 11 is 0. The molecule has 38 heavy (non-hydrogen) atoms. The number of amides is 1. The number of fused-ring (bicyclic) bond motifs is 3. The van der Waals surface area contributed by atoms with Crippen LogP contribution < -0.4 is 24.8 Å². The summed E-state index contributed by atoms with van der Waals surface area (Å²) in [5.74, 6) is 2.23. The minimum absolute atomic E-state index is 0.120. The topological polar surface area (TPSA) is 80.3 Å². The van der Waals surface area contributed by atoms with E-state index in [-0.39, 0.29) is 11.9 Å². The Hall–Kier alpha value is -3.11. The molecule has 10 heteroatoms.